The van der Waals surface area contributed by atoms with E-state index in [1.165, 1.54) is 5.56 Å². The smallest absolute Gasteiger partial charge is 0.128 e. The van der Waals surface area contributed by atoms with E-state index in [1.807, 2.05) is 31.2 Å². The molecule has 19 heavy (non-hydrogen) atoms. The zero-order valence-electron chi connectivity index (χ0n) is 10.5. The van der Waals surface area contributed by atoms with Crippen LogP contribution in [-0.2, 0) is 6.42 Å². The number of fused-ring (bicyclic) bond motifs is 3. The van der Waals surface area contributed by atoms with Crippen LogP contribution in [0.1, 0.15) is 11.1 Å². The van der Waals surface area contributed by atoms with E-state index in [4.69, 9.17) is 11.0 Å². The van der Waals surface area contributed by atoms with Crippen LogP contribution in [0, 0.1) is 18.3 Å². The Morgan fingerprint density at radius 3 is 2.84 bits per heavy atom. The second kappa shape index (κ2) is 4.21. The molecule has 2 heterocycles. The Kier molecular flexibility index (Phi) is 2.53. The van der Waals surface area contributed by atoms with E-state index in [-0.39, 0.29) is 6.42 Å². The van der Waals surface area contributed by atoms with E-state index in [0.717, 1.165) is 27.4 Å². The molecule has 2 aromatic heterocycles. The van der Waals surface area contributed by atoms with Crippen LogP contribution < -0.4 is 5.73 Å². The van der Waals surface area contributed by atoms with E-state index >= 15 is 0 Å². The van der Waals surface area contributed by atoms with Crippen molar-refractivity contribution in [2.24, 2.45) is 0 Å². The van der Waals surface area contributed by atoms with E-state index in [1.54, 1.807) is 6.20 Å². The van der Waals surface area contributed by atoms with Crippen LogP contribution >= 0.6 is 0 Å². The first-order valence-electron chi connectivity index (χ1n) is 6.00. The molecule has 4 heteroatoms. The summed E-state index contributed by atoms with van der Waals surface area (Å²) in [6.07, 6.45) is 1.99. The average molecular weight is 248 g/mol. The molecule has 0 unspecified atom stereocenters. The Morgan fingerprint density at radius 1 is 1.21 bits per heavy atom. The lowest BCUT2D eigenvalue weighted by Crippen LogP contribution is -1.98. The molecule has 3 rings (SSSR count). The van der Waals surface area contributed by atoms with Gasteiger partial charge in [-0.05, 0) is 24.6 Å². The molecule has 0 bridgehead atoms. The lowest BCUT2D eigenvalue weighted by atomic mass is 10.1. The van der Waals surface area contributed by atoms with E-state index in [0.29, 0.717) is 5.82 Å². The van der Waals surface area contributed by atoms with Gasteiger partial charge in [-0.15, -0.1) is 0 Å². The number of nitrogen functional groups attached to an aromatic ring is 1. The first-order valence-corrected chi connectivity index (χ1v) is 6.00. The SMILES string of the molecule is Cc1ccc2c(c1)ncc1nc(N)c(CC#N)cc12. The second-order valence-corrected chi connectivity index (χ2v) is 4.58. The van der Waals surface area contributed by atoms with Crippen LogP contribution in [0.5, 0.6) is 0 Å². The molecule has 1 aromatic carbocycles. The molecule has 0 fully saturated rings. The molecule has 0 radical (unpaired) electrons. The number of anilines is 1. The van der Waals surface area contributed by atoms with Crippen molar-refractivity contribution in [1.29, 1.82) is 5.26 Å². The van der Waals surface area contributed by atoms with Crippen LogP contribution in [0.2, 0.25) is 0 Å². The molecule has 0 saturated heterocycles. The van der Waals surface area contributed by atoms with Gasteiger partial charge in [-0.1, -0.05) is 12.1 Å². The van der Waals surface area contributed by atoms with Gasteiger partial charge in [-0.2, -0.15) is 5.26 Å². The summed E-state index contributed by atoms with van der Waals surface area (Å²) in [6.45, 7) is 2.04. The van der Waals surface area contributed by atoms with Gasteiger partial charge in [0, 0.05) is 16.3 Å². The Hall–Kier alpha value is -2.67. The van der Waals surface area contributed by atoms with Crippen molar-refractivity contribution in [3.63, 3.8) is 0 Å². The first-order chi connectivity index (χ1) is 9.19. The maximum Gasteiger partial charge on any atom is 0.128 e. The number of nitrogens with zero attached hydrogens (tertiary/aromatic N) is 3. The van der Waals surface area contributed by atoms with Gasteiger partial charge in [0.25, 0.3) is 0 Å². The fourth-order valence-corrected chi connectivity index (χ4v) is 2.23. The van der Waals surface area contributed by atoms with Crippen molar-refractivity contribution in [2.75, 3.05) is 5.73 Å². The molecule has 0 atom stereocenters. The highest BCUT2D eigenvalue weighted by Gasteiger charge is 2.07. The third-order valence-electron chi connectivity index (χ3n) is 3.20. The summed E-state index contributed by atoms with van der Waals surface area (Å²) in [4.78, 5) is 8.73. The van der Waals surface area contributed by atoms with Gasteiger partial charge in [0.2, 0.25) is 0 Å². The summed E-state index contributed by atoms with van der Waals surface area (Å²) < 4.78 is 0. The summed E-state index contributed by atoms with van der Waals surface area (Å²) in [5.41, 5.74) is 9.48. The normalized spacial score (nSPS) is 10.7. The highest BCUT2D eigenvalue weighted by Crippen LogP contribution is 2.26. The van der Waals surface area contributed by atoms with Gasteiger partial charge in [-0.3, -0.25) is 4.98 Å². The monoisotopic (exact) mass is 248 g/mol. The largest absolute Gasteiger partial charge is 0.383 e. The number of benzene rings is 1. The van der Waals surface area contributed by atoms with Crippen molar-refractivity contribution in [3.8, 4) is 6.07 Å². The van der Waals surface area contributed by atoms with Crippen LogP contribution in [0.4, 0.5) is 5.82 Å². The number of hydrogen-bond donors (Lipinski definition) is 1. The molecule has 2 N–H and O–H groups in total. The topological polar surface area (TPSA) is 75.6 Å². The molecular weight excluding hydrogens is 236 g/mol. The third kappa shape index (κ3) is 1.85. The van der Waals surface area contributed by atoms with Gasteiger partial charge in [0.05, 0.1) is 29.7 Å². The van der Waals surface area contributed by atoms with Crippen LogP contribution in [0.3, 0.4) is 0 Å². The van der Waals surface area contributed by atoms with Crippen LogP contribution in [-0.4, -0.2) is 9.97 Å². The third-order valence-corrected chi connectivity index (χ3v) is 3.20. The van der Waals surface area contributed by atoms with Crippen molar-refractivity contribution in [3.05, 3.63) is 41.6 Å². The molecule has 0 spiro atoms. The second-order valence-electron chi connectivity index (χ2n) is 4.58. The van der Waals surface area contributed by atoms with Crippen LogP contribution in [0.15, 0.2) is 30.5 Å². The number of aromatic nitrogens is 2. The van der Waals surface area contributed by atoms with Crippen molar-refractivity contribution in [2.45, 2.75) is 13.3 Å². The molecule has 0 amide bonds. The summed E-state index contributed by atoms with van der Waals surface area (Å²) in [5.74, 6) is 0.405. The number of pyridine rings is 2. The predicted octanol–water partition coefficient (Wildman–Crippen LogP) is 2.74. The maximum absolute atomic E-state index is 8.82. The van der Waals surface area contributed by atoms with Gasteiger partial charge in [-0.25, -0.2) is 4.98 Å². The Labute approximate surface area is 110 Å². The lowest BCUT2D eigenvalue weighted by molar-refractivity contribution is 1.23. The summed E-state index contributed by atoms with van der Waals surface area (Å²) in [5, 5.41) is 10.8. The summed E-state index contributed by atoms with van der Waals surface area (Å²) in [6, 6.07) is 10.2. The van der Waals surface area contributed by atoms with E-state index in [2.05, 4.69) is 16.0 Å². The van der Waals surface area contributed by atoms with Gasteiger partial charge < -0.3 is 5.73 Å². The van der Waals surface area contributed by atoms with Crippen molar-refractivity contribution >= 4 is 27.6 Å². The number of nitrogens with two attached hydrogens (primary N) is 1. The van der Waals surface area contributed by atoms with Crippen molar-refractivity contribution < 1.29 is 0 Å². The minimum atomic E-state index is 0.268. The zero-order valence-corrected chi connectivity index (χ0v) is 10.5. The Bertz CT molecular complexity index is 831. The highest BCUT2D eigenvalue weighted by atomic mass is 14.9. The highest BCUT2D eigenvalue weighted by molar-refractivity contribution is 6.04. The molecule has 4 nitrogen and oxygen atoms in total. The number of rotatable bonds is 1. The summed E-state index contributed by atoms with van der Waals surface area (Å²) >= 11 is 0. The predicted molar refractivity (Wildman–Crippen MR) is 75.5 cm³/mol. The van der Waals surface area contributed by atoms with Crippen molar-refractivity contribution in [1.82, 2.24) is 9.97 Å². The van der Waals surface area contributed by atoms with E-state index < -0.39 is 0 Å². The Morgan fingerprint density at radius 2 is 2.05 bits per heavy atom. The molecule has 0 aliphatic rings. The number of hydrogen-bond acceptors (Lipinski definition) is 4. The van der Waals surface area contributed by atoms with Gasteiger partial charge in [0.15, 0.2) is 0 Å². The molecular formula is C15H12N4. The number of aryl methyl sites for hydroxylation is 1. The minimum absolute atomic E-state index is 0.268. The van der Waals surface area contributed by atoms with Gasteiger partial charge in [0.1, 0.15) is 5.82 Å². The zero-order chi connectivity index (χ0) is 13.4. The minimum Gasteiger partial charge on any atom is -0.383 e. The lowest BCUT2D eigenvalue weighted by Gasteiger charge is -2.07. The molecule has 92 valence electrons. The Balaban J connectivity index is 2.40. The maximum atomic E-state index is 8.82. The van der Waals surface area contributed by atoms with Gasteiger partial charge >= 0.3 is 0 Å². The molecule has 0 saturated carbocycles. The van der Waals surface area contributed by atoms with Crippen LogP contribution in [0.25, 0.3) is 21.8 Å². The standard InChI is InChI=1S/C15H12N4/c1-9-2-3-11-12-7-10(4-5-16)15(17)19-14(12)8-18-13(11)6-9/h2-3,6-8H,4H2,1H3,(H2,17,19). The fraction of sp³-hybridized carbons (Fsp3) is 0.133. The first kappa shape index (κ1) is 11.4. The quantitative estimate of drug-likeness (QED) is 0.672. The number of nitriles is 1. The van der Waals surface area contributed by atoms with E-state index in [9.17, 15) is 0 Å². The average Bonchev–Trinajstić information content (AvgIpc) is 2.39. The molecule has 0 aliphatic heterocycles. The fourth-order valence-electron chi connectivity index (χ4n) is 2.23. The molecule has 0 aliphatic carbocycles. The molecule has 3 aromatic rings. The summed E-state index contributed by atoms with van der Waals surface area (Å²) in [7, 11) is 0.